The quantitative estimate of drug-likeness (QED) is 0.885. The number of aromatic nitrogens is 1. The van der Waals surface area contributed by atoms with Gasteiger partial charge < -0.3 is 16.0 Å². The highest BCUT2D eigenvalue weighted by Gasteiger charge is 2.10. The van der Waals surface area contributed by atoms with Crippen molar-refractivity contribution < 1.29 is 4.79 Å². The Bertz CT molecular complexity index is 606. The van der Waals surface area contributed by atoms with Gasteiger partial charge in [0.1, 0.15) is 5.82 Å². The molecule has 2 rings (SSSR count). The van der Waals surface area contributed by atoms with Crippen LogP contribution in [0.2, 0.25) is 0 Å². The lowest BCUT2D eigenvalue weighted by molar-refractivity contribution is 0.102. The summed E-state index contributed by atoms with van der Waals surface area (Å²) in [6.07, 6.45) is 1.56. The molecule has 0 fully saturated rings. The zero-order chi connectivity index (χ0) is 15.2. The molecule has 0 saturated heterocycles. The van der Waals surface area contributed by atoms with Crippen LogP contribution in [0.4, 0.5) is 17.2 Å². The Hall–Kier alpha value is -2.56. The van der Waals surface area contributed by atoms with Crippen molar-refractivity contribution in [2.24, 2.45) is 0 Å². The van der Waals surface area contributed by atoms with Crippen LogP contribution in [0.15, 0.2) is 42.6 Å². The third kappa shape index (κ3) is 3.51. The Morgan fingerprint density at radius 1 is 1.19 bits per heavy atom. The number of nitrogens with zero attached hydrogens (tertiary/aromatic N) is 2. The van der Waals surface area contributed by atoms with Gasteiger partial charge in [0.05, 0.1) is 5.56 Å². The first-order valence-corrected chi connectivity index (χ1v) is 7.02. The summed E-state index contributed by atoms with van der Waals surface area (Å²) < 4.78 is 0. The number of nitrogen functional groups attached to an aromatic ring is 1. The molecule has 110 valence electrons. The van der Waals surface area contributed by atoms with E-state index in [-0.39, 0.29) is 11.7 Å². The van der Waals surface area contributed by atoms with Crippen LogP contribution in [-0.2, 0) is 0 Å². The van der Waals surface area contributed by atoms with Crippen molar-refractivity contribution in [3.8, 4) is 0 Å². The first kappa shape index (κ1) is 14.8. The standard InChI is InChI=1S/C16H20N4O/c1-3-20(4-2)13-9-7-12(8-10-13)19-16(21)14-6-5-11-18-15(14)17/h5-11H,3-4H2,1-2H3,(H2,17,18)(H,19,21). The fourth-order valence-electron chi connectivity index (χ4n) is 2.15. The predicted molar refractivity (Wildman–Crippen MR) is 86.6 cm³/mol. The van der Waals surface area contributed by atoms with Gasteiger partial charge in [-0.1, -0.05) is 0 Å². The van der Waals surface area contributed by atoms with Crippen LogP contribution >= 0.6 is 0 Å². The molecule has 0 spiro atoms. The number of carbonyl (C=O) groups excluding carboxylic acids is 1. The Balaban J connectivity index is 2.10. The number of hydrogen-bond donors (Lipinski definition) is 2. The summed E-state index contributed by atoms with van der Waals surface area (Å²) in [6, 6.07) is 11.1. The van der Waals surface area contributed by atoms with Crippen molar-refractivity contribution in [2.45, 2.75) is 13.8 Å². The Morgan fingerprint density at radius 3 is 2.43 bits per heavy atom. The molecule has 2 aromatic rings. The molecule has 0 unspecified atom stereocenters. The van der Waals surface area contributed by atoms with Gasteiger partial charge in [-0.05, 0) is 50.2 Å². The molecule has 1 amide bonds. The van der Waals surface area contributed by atoms with Gasteiger partial charge in [0, 0.05) is 30.7 Å². The van der Waals surface area contributed by atoms with Crippen molar-refractivity contribution in [1.29, 1.82) is 0 Å². The van der Waals surface area contributed by atoms with E-state index < -0.39 is 0 Å². The van der Waals surface area contributed by atoms with E-state index in [0.717, 1.165) is 24.5 Å². The van der Waals surface area contributed by atoms with Crippen molar-refractivity contribution in [2.75, 3.05) is 29.0 Å². The molecule has 5 nitrogen and oxygen atoms in total. The van der Waals surface area contributed by atoms with E-state index in [0.29, 0.717) is 5.56 Å². The van der Waals surface area contributed by atoms with Crippen LogP contribution in [-0.4, -0.2) is 24.0 Å². The molecule has 1 heterocycles. The highest BCUT2D eigenvalue weighted by molar-refractivity contribution is 6.07. The predicted octanol–water partition coefficient (Wildman–Crippen LogP) is 2.76. The number of nitrogens with one attached hydrogen (secondary N) is 1. The van der Waals surface area contributed by atoms with E-state index in [9.17, 15) is 4.79 Å². The molecule has 1 aromatic heterocycles. The number of pyridine rings is 1. The minimum absolute atomic E-state index is 0.231. The van der Waals surface area contributed by atoms with Crippen molar-refractivity contribution >= 4 is 23.1 Å². The number of nitrogens with two attached hydrogens (primary N) is 1. The van der Waals surface area contributed by atoms with Crippen molar-refractivity contribution in [3.63, 3.8) is 0 Å². The van der Waals surface area contributed by atoms with Crippen molar-refractivity contribution in [1.82, 2.24) is 4.98 Å². The smallest absolute Gasteiger partial charge is 0.259 e. The van der Waals surface area contributed by atoms with E-state index in [1.807, 2.05) is 24.3 Å². The molecule has 0 atom stereocenters. The first-order valence-electron chi connectivity index (χ1n) is 7.02. The first-order chi connectivity index (χ1) is 10.2. The molecule has 0 radical (unpaired) electrons. The molecule has 0 aliphatic rings. The molecule has 0 bridgehead atoms. The number of amides is 1. The lowest BCUT2D eigenvalue weighted by atomic mass is 10.2. The second-order valence-electron chi connectivity index (χ2n) is 4.61. The second kappa shape index (κ2) is 6.74. The van der Waals surface area contributed by atoms with Crippen LogP contribution in [0.25, 0.3) is 0 Å². The molecule has 21 heavy (non-hydrogen) atoms. The molecule has 5 heteroatoms. The zero-order valence-corrected chi connectivity index (χ0v) is 12.3. The summed E-state index contributed by atoms with van der Waals surface area (Å²) in [7, 11) is 0. The summed E-state index contributed by atoms with van der Waals surface area (Å²) >= 11 is 0. The zero-order valence-electron chi connectivity index (χ0n) is 12.3. The fourth-order valence-corrected chi connectivity index (χ4v) is 2.15. The fraction of sp³-hybridized carbons (Fsp3) is 0.250. The second-order valence-corrected chi connectivity index (χ2v) is 4.61. The minimum atomic E-state index is -0.254. The van der Waals surface area contributed by atoms with E-state index in [4.69, 9.17) is 5.73 Å². The summed E-state index contributed by atoms with van der Waals surface area (Å²) in [5.41, 5.74) is 7.95. The molecule has 1 aromatic carbocycles. The lowest BCUT2D eigenvalue weighted by Crippen LogP contribution is -2.21. The molecule has 0 saturated carbocycles. The summed E-state index contributed by atoms with van der Waals surface area (Å²) in [4.78, 5) is 18.3. The van der Waals surface area contributed by atoms with Crippen LogP contribution < -0.4 is 16.0 Å². The third-order valence-electron chi connectivity index (χ3n) is 3.34. The molecule has 3 N–H and O–H groups in total. The van der Waals surface area contributed by atoms with Gasteiger partial charge in [0.2, 0.25) is 0 Å². The topological polar surface area (TPSA) is 71.2 Å². The number of hydrogen-bond acceptors (Lipinski definition) is 4. The molecule has 0 aliphatic heterocycles. The van der Waals surface area contributed by atoms with E-state index in [2.05, 4.69) is 29.0 Å². The van der Waals surface area contributed by atoms with Crippen LogP contribution in [0.1, 0.15) is 24.2 Å². The van der Waals surface area contributed by atoms with Gasteiger partial charge in [-0.3, -0.25) is 4.79 Å². The van der Waals surface area contributed by atoms with Gasteiger partial charge in [0.15, 0.2) is 0 Å². The average Bonchev–Trinajstić information content (AvgIpc) is 2.50. The van der Waals surface area contributed by atoms with Gasteiger partial charge in [-0.15, -0.1) is 0 Å². The van der Waals surface area contributed by atoms with E-state index in [1.54, 1.807) is 18.3 Å². The number of rotatable bonds is 5. The Kier molecular flexibility index (Phi) is 4.77. The molecular weight excluding hydrogens is 264 g/mol. The SMILES string of the molecule is CCN(CC)c1ccc(NC(=O)c2cccnc2N)cc1. The third-order valence-corrected chi connectivity index (χ3v) is 3.34. The highest BCUT2D eigenvalue weighted by atomic mass is 16.1. The van der Waals surface area contributed by atoms with Crippen LogP contribution in [0.3, 0.4) is 0 Å². The maximum atomic E-state index is 12.1. The van der Waals surface area contributed by atoms with E-state index in [1.165, 1.54) is 0 Å². The average molecular weight is 284 g/mol. The number of benzene rings is 1. The molecular formula is C16H20N4O. The van der Waals surface area contributed by atoms with Gasteiger partial charge in [-0.2, -0.15) is 0 Å². The van der Waals surface area contributed by atoms with Gasteiger partial charge in [-0.25, -0.2) is 4.98 Å². The molecule has 0 aliphatic carbocycles. The highest BCUT2D eigenvalue weighted by Crippen LogP contribution is 2.18. The minimum Gasteiger partial charge on any atom is -0.383 e. The maximum Gasteiger partial charge on any atom is 0.259 e. The van der Waals surface area contributed by atoms with Crippen molar-refractivity contribution in [3.05, 3.63) is 48.2 Å². The van der Waals surface area contributed by atoms with Gasteiger partial charge in [0.25, 0.3) is 5.91 Å². The van der Waals surface area contributed by atoms with Crippen LogP contribution in [0, 0.1) is 0 Å². The maximum absolute atomic E-state index is 12.1. The normalized spacial score (nSPS) is 10.2. The largest absolute Gasteiger partial charge is 0.383 e. The lowest BCUT2D eigenvalue weighted by Gasteiger charge is -2.21. The van der Waals surface area contributed by atoms with E-state index >= 15 is 0 Å². The number of anilines is 3. The summed E-state index contributed by atoms with van der Waals surface area (Å²) in [5, 5.41) is 2.82. The number of carbonyl (C=O) groups is 1. The summed E-state index contributed by atoms with van der Waals surface area (Å²) in [6.45, 7) is 6.14. The van der Waals surface area contributed by atoms with Gasteiger partial charge >= 0.3 is 0 Å². The Labute approximate surface area is 124 Å². The van der Waals surface area contributed by atoms with Crippen LogP contribution in [0.5, 0.6) is 0 Å². The summed E-state index contributed by atoms with van der Waals surface area (Å²) in [5.74, 6) is -0.0223. The Morgan fingerprint density at radius 2 is 1.86 bits per heavy atom. The monoisotopic (exact) mass is 284 g/mol.